The van der Waals surface area contributed by atoms with Gasteiger partial charge in [-0.2, -0.15) is 27.7 Å². The van der Waals surface area contributed by atoms with Crippen molar-refractivity contribution in [1.29, 1.82) is 0 Å². The van der Waals surface area contributed by atoms with Crippen LogP contribution >= 0.6 is 23.5 Å². The van der Waals surface area contributed by atoms with E-state index in [4.69, 9.17) is 11.5 Å². The molecule has 0 bridgehead atoms. The van der Waals surface area contributed by atoms with Gasteiger partial charge in [0.15, 0.2) is 0 Å². The smallest absolute Gasteiger partial charge is 0.333 e. The lowest BCUT2D eigenvalue weighted by molar-refractivity contribution is -0.138. The summed E-state index contributed by atoms with van der Waals surface area (Å²) in [6, 6.07) is -1.79. The van der Waals surface area contributed by atoms with Gasteiger partial charge in [-0.1, -0.05) is 0 Å². The number of hydrogen-bond donors (Lipinski definition) is 2. The minimum atomic E-state index is -2.51. The zero-order valence-electron chi connectivity index (χ0n) is 11.4. The summed E-state index contributed by atoms with van der Waals surface area (Å²) >= 11 is 0.537. The van der Waals surface area contributed by atoms with Crippen molar-refractivity contribution in [2.75, 3.05) is 24.0 Å². The molecule has 0 heterocycles. The number of carbonyl (C=O) groups excluding carboxylic acids is 2. The van der Waals surface area contributed by atoms with Gasteiger partial charge in [-0.25, -0.2) is 9.59 Å². The molecule has 0 rings (SSSR count). The Hall–Kier alpha value is -0.290. The topological polar surface area (TPSA) is 122 Å². The van der Waals surface area contributed by atoms with Gasteiger partial charge in [0.25, 0.3) is 0 Å². The fraction of sp³-hybridized carbons (Fsp3) is 0.800. The first-order valence-electron chi connectivity index (χ1n) is 5.77. The minimum absolute atomic E-state index is 0.387. The molecule has 0 aromatic heterocycles. The highest BCUT2D eigenvalue weighted by atomic mass is 32.2. The molecule has 2 atom stereocenters. The Kier molecular flexibility index (Phi) is 11.2. The van der Waals surface area contributed by atoms with E-state index >= 15 is 0 Å². The lowest BCUT2D eigenvalue weighted by Gasteiger charge is -2.11. The van der Waals surface area contributed by atoms with Gasteiger partial charge < -0.3 is 19.8 Å². The quantitative estimate of drug-likeness (QED) is 0.555. The Morgan fingerprint density at radius 2 is 1.35 bits per heavy atom. The SMILES string of the molecule is CSCCC(N)C(=O)OS(=O)OC(=O)C(N)CCSC. The van der Waals surface area contributed by atoms with Crippen LogP contribution in [-0.2, 0) is 29.3 Å². The van der Waals surface area contributed by atoms with Gasteiger partial charge in [0.05, 0.1) is 0 Å². The Morgan fingerprint density at radius 1 is 1.00 bits per heavy atom. The third kappa shape index (κ3) is 8.80. The summed E-state index contributed by atoms with van der Waals surface area (Å²) in [4.78, 5) is 22.8. The molecular weight excluding hydrogens is 324 g/mol. The van der Waals surface area contributed by atoms with Gasteiger partial charge in [-0.15, -0.1) is 0 Å². The molecule has 0 aliphatic heterocycles. The molecule has 118 valence electrons. The summed E-state index contributed by atoms with van der Waals surface area (Å²) in [6.45, 7) is 0. The fourth-order valence-corrected chi connectivity index (χ4v) is 2.53. The van der Waals surface area contributed by atoms with Crippen LogP contribution in [0.2, 0.25) is 0 Å². The highest BCUT2D eigenvalue weighted by molar-refractivity contribution is 7.98. The van der Waals surface area contributed by atoms with E-state index in [9.17, 15) is 13.8 Å². The average Bonchev–Trinajstić information content (AvgIpc) is 2.41. The van der Waals surface area contributed by atoms with Gasteiger partial charge in [0, 0.05) is 0 Å². The average molecular weight is 344 g/mol. The third-order valence-electron chi connectivity index (χ3n) is 2.17. The van der Waals surface area contributed by atoms with Crippen LogP contribution in [-0.4, -0.2) is 52.2 Å². The Balaban J connectivity index is 4.09. The maximum atomic E-state index is 11.4. The largest absolute Gasteiger partial charge is 0.423 e. The summed E-state index contributed by atoms with van der Waals surface area (Å²) in [5.74, 6) is -0.407. The lowest BCUT2D eigenvalue weighted by Crippen LogP contribution is -2.36. The predicted molar refractivity (Wildman–Crippen MR) is 82.3 cm³/mol. The summed E-state index contributed by atoms with van der Waals surface area (Å²) in [7, 11) is 0. The maximum Gasteiger partial charge on any atom is 0.423 e. The van der Waals surface area contributed by atoms with Gasteiger partial charge >= 0.3 is 23.3 Å². The van der Waals surface area contributed by atoms with E-state index in [1.807, 2.05) is 12.5 Å². The molecule has 0 saturated heterocycles. The Bertz CT molecular complexity index is 313. The van der Waals surface area contributed by atoms with Crippen molar-refractivity contribution in [2.45, 2.75) is 24.9 Å². The highest BCUT2D eigenvalue weighted by Gasteiger charge is 2.23. The van der Waals surface area contributed by atoms with Crippen LogP contribution in [0.4, 0.5) is 0 Å². The van der Waals surface area contributed by atoms with E-state index in [0.29, 0.717) is 24.3 Å². The standard InChI is InChI=1S/C10H20N2O5S3/c1-18-5-3-7(11)9(13)16-20(15)17-10(14)8(12)4-6-19-2/h7-8H,3-6,11-12H2,1-2H3. The Morgan fingerprint density at radius 3 is 1.65 bits per heavy atom. The summed E-state index contributed by atoms with van der Waals surface area (Å²) < 4.78 is 20.2. The second kappa shape index (κ2) is 11.4. The van der Waals surface area contributed by atoms with E-state index in [-0.39, 0.29) is 0 Å². The van der Waals surface area contributed by atoms with Crippen molar-refractivity contribution in [3.63, 3.8) is 0 Å². The molecule has 0 radical (unpaired) electrons. The van der Waals surface area contributed by atoms with Crippen LogP contribution in [0.1, 0.15) is 12.8 Å². The maximum absolute atomic E-state index is 11.4. The van der Waals surface area contributed by atoms with E-state index in [0.717, 1.165) is 0 Å². The van der Waals surface area contributed by atoms with Gasteiger partial charge in [-0.3, -0.25) is 0 Å². The first-order valence-corrected chi connectivity index (χ1v) is 9.56. The third-order valence-corrected chi connectivity index (χ3v) is 4.06. The van der Waals surface area contributed by atoms with Crippen molar-refractivity contribution in [3.8, 4) is 0 Å². The van der Waals surface area contributed by atoms with Crippen LogP contribution in [0.5, 0.6) is 0 Å². The van der Waals surface area contributed by atoms with E-state index < -0.39 is 35.4 Å². The molecule has 4 N–H and O–H groups in total. The predicted octanol–water partition coefficient (Wildman–Crippen LogP) is -0.188. The van der Waals surface area contributed by atoms with Gasteiger partial charge in [0.1, 0.15) is 12.1 Å². The second-order valence-corrected chi connectivity index (χ2v) is 6.50. The van der Waals surface area contributed by atoms with E-state index in [1.165, 1.54) is 23.5 Å². The molecule has 0 aromatic carbocycles. The molecule has 0 spiro atoms. The zero-order valence-corrected chi connectivity index (χ0v) is 13.9. The van der Waals surface area contributed by atoms with Crippen LogP contribution in [0.3, 0.4) is 0 Å². The molecule has 0 aromatic rings. The number of nitrogens with two attached hydrogens (primary N) is 2. The summed E-state index contributed by atoms with van der Waals surface area (Å²) in [5, 5.41) is 0. The van der Waals surface area contributed by atoms with Gasteiger partial charge in [0.2, 0.25) is 0 Å². The fourth-order valence-electron chi connectivity index (χ4n) is 1.00. The number of hydrogen-bond acceptors (Lipinski definition) is 9. The molecule has 20 heavy (non-hydrogen) atoms. The van der Waals surface area contributed by atoms with Crippen molar-refractivity contribution in [1.82, 2.24) is 0 Å². The first-order chi connectivity index (χ1) is 9.42. The monoisotopic (exact) mass is 344 g/mol. The van der Waals surface area contributed by atoms with Gasteiger partial charge in [-0.05, 0) is 36.9 Å². The van der Waals surface area contributed by atoms with Crippen molar-refractivity contribution in [3.05, 3.63) is 0 Å². The summed E-state index contributed by atoms with van der Waals surface area (Å²) in [5.41, 5.74) is 11.0. The number of thioether (sulfide) groups is 2. The second-order valence-electron chi connectivity index (χ2n) is 3.78. The molecule has 0 fully saturated rings. The molecule has 2 unspecified atom stereocenters. The Labute approximate surface area is 129 Å². The normalized spacial score (nSPS) is 15.2. The molecule has 0 aliphatic carbocycles. The molecule has 0 saturated carbocycles. The number of rotatable bonds is 10. The van der Waals surface area contributed by atoms with Crippen molar-refractivity contribution >= 4 is 46.8 Å². The van der Waals surface area contributed by atoms with Crippen LogP contribution in [0, 0.1) is 0 Å². The highest BCUT2D eigenvalue weighted by Crippen LogP contribution is 2.04. The molecule has 7 nitrogen and oxygen atoms in total. The lowest BCUT2D eigenvalue weighted by atomic mass is 10.2. The first kappa shape index (κ1) is 19.7. The minimum Gasteiger partial charge on any atom is -0.333 e. The van der Waals surface area contributed by atoms with E-state index in [1.54, 1.807) is 0 Å². The van der Waals surface area contributed by atoms with Crippen molar-refractivity contribution in [2.24, 2.45) is 11.5 Å². The van der Waals surface area contributed by atoms with Crippen LogP contribution < -0.4 is 11.5 Å². The molecule has 0 amide bonds. The van der Waals surface area contributed by atoms with Crippen LogP contribution in [0.15, 0.2) is 0 Å². The van der Waals surface area contributed by atoms with Crippen molar-refractivity contribution < 1.29 is 22.2 Å². The molecule has 0 aliphatic rings. The zero-order chi connectivity index (χ0) is 15.5. The molecule has 10 heteroatoms. The number of carbonyl (C=O) groups is 2. The molecular formula is C10H20N2O5S3. The van der Waals surface area contributed by atoms with E-state index in [2.05, 4.69) is 8.37 Å². The summed E-state index contributed by atoms with van der Waals surface area (Å²) in [6.07, 6.45) is 4.51. The van der Waals surface area contributed by atoms with Crippen LogP contribution in [0.25, 0.3) is 0 Å².